The van der Waals surface area contributed by atoms with Gasteiger partial charge in [-0.1, -0.05) is 18.2 Å². The van der Waals surface area contributed by atoms with Crippen LogP contribution in [0.2, 0.25) is 0 Å². The Morgan fingerprint density at radius 3 is 0.909 bits per heavy atom. The topological polar surface area (TPSA) is 112 Å². The molecule has 0 fully saturated rings. The van der Waals surface area contributed by atoms with Crippen LogP contribution in [0, 0.1) is 0 Å². The normalized spacial score (nSPS) is 13.5. The SMILES string of the molecule is O=C(O)c1ccc2c(c1)CCc1ccc(C(=O)O)cc1CCc1ccc(C(=O)O)cc1CC2. The van der Waals surface area contributed by atoms with Gasteiger partial charge in [-0.3, -0.25) is 0 Å². The molecule has 4 rings (SSSR count). The minimum absolute atomic E-state index is 0.232. The molecule has 0 atom stereocenters. The molecule has 0 radical (unpaired) electrons. The molecule has 3 aromatic carbocycles. The van der Waals surface area contributed by atoms with Crippen molar-refractivity contribution in [2.45, 2.75) is 38.5 Å². The van der Waals surface area contributed by atoms with Crippen molar-refractivity contribution in [3.63, 3.8) is 0 Å². The first kappa shape index (κ1) is 22.3. The molecule has 1 aliphatic carbocycles. The summed E-state index contributed by atoms with van der Waals surface area (Å²) in [5, 5.41) is 28.3. The minimum atomic E-state index is -0.980. The van der Waals surface area contributed by atoms with Gasteiger partial charge in [-0.05, 0) is 108 Å². The van der Waals surface area contributed by atoms with E-state index >= 15 is 0 Å². The Hall–Kier alpha value is -3.93. The maximum Gasteiger partial charge on any atom is 0.335 e. The zero-order valence-electron chi connectivity index (χ0n) is 18.0. The van der Waals surface area contributed by atoms with Crippen molar-refractivity contribution in [2.24, 2.45) is 0 Å². The first-order valence-corrected chi connectivity index (χ1v) is 10.9. The molecular weight excluding hydrogens is 420 g/mol. The Kier molecular flexibility index (Phi) is 6.27. The van der Waals surface area contributed by atoms with E-state index in [2.05, 4.69) is 0 Å². The molecule has 168 valence electrons. The van der Waals surface area contributed by atoms with Gasteiger partial charge in [-0.2, -0.15) is 0 Å². The summed E-state index contributed by atoms with van der Waals surface area (Å²) < 4.78 is 0. The molecular formula is C27H24O6. The van der Waals surface area contributed by atoms with Crippen LogP contribution in [0.15, 0.2) is 54.6 Å². The summed E-state index contributed by atoms with van der Waals surface area (Å²) in [6.45, 7) is 0. The van der Waals surface area contributed by atoms with Gasteiger partial charge in [0.1, 0.15) is 0 Å². The Morgan fingerprint density at radius 2 is 0.667 bits per heavy atom. The summed E-state index contributed by atoms with van der Waals surface area (Å²) in [6, 6.07) is 15.5. The number of carbonyl (C=O) groups is 3. The highest BCUT2D eigenvalue weighted by Gasteiger charge is 2.16. The maximum absolute atomic E-state index is 11.5. The summed E-state index contributed by atoms with van der Waals surface area (Å²) in [5.41, 5.74) is 6.64. The van der Waals surface area contributed by atoms with Crippen LogP contribution in [0.3, 0.4) is 0 Å². The molecule has 3 aromatic rings. The molecule has 0 aliphatic heterocycles. The number of aromatic carboxylic acids is 3. The summed E-state index contributed by atoms with van der Waals surface area (Å²) >= 11 is 0. The molecule has 0 saturated carbocycles. The lowest BCUT2D eigenvalue weighted by atomic mass is 9.87. The second-order valence-corrected chi connectivity index (χ2v) is 8.37. The predicted octanol–water partition coefficient (Wildman–Crippen LogP) is 4.45. The van der Waals surface area contributed by atoms with E-state index in [1.165, 1.54) is 0 Å². The van der Waals surface area contributed by atoms with Gasteiger partial charge >= 0.3 is 17.9 Å². The van der Waals surface area contributed by atoms with E-state index in [4.69, 9.17) is 0 Å². The minimum Gasteiger partial charge on any atom is -0.478 e. The Balaban J connectivity index is 1.81. The van der Waals surface area contributed by atoms with Gasteiger partial charge in [-0.25, -0.2) is 14.4 Å². The van der Waals surface area contributed by atoms with Crippen LogP contribution in [0.25, 0.3) is 0 Å². The number of rotatable bonds is 3. The molecule has 0 unspecified atom stereocenters. The Labute approximate surface area is 191 Å². The van der Waals surface area contributed by atoms with Gasteiger partial charge < -0.3 is 15.3 Å². The zero-order valence-corrected chi connectivity index (χ0v) is 18.0. The molecule has 6 heteroatoms. The maximum atomic E-state index is 11.5. The largest absolute Gasteiger partial charge is 0.478 e. The number of carboxylic acid groups (broad SMARTS) is 3. The summed E-state index contributed by atoms with van der Waals surface area (Å²) in [7, 11) is 0. The monoisotopic (exact) mass is 444 g/mol. The second-order valence-electron chi connectivity index (χ2n) is 8.37. The molecule has 0 aromatic heterocycles. The van der Waals surface area contributed by atoms with E-state index in [1.807, 2.05) is 18.2 Å². The van der Waals surface area contributed by atoms with E-state index in [9.17, 15) is 29.7 Å². The molecule has 3 N–H and O–H groups in total. The smallest absolute Gasteiger partial charge is 0.335 e. The Morgan fingerprint density at radius 1 is 0.424 bits per heavy atom. The molecule has 6 nitrogen and oxygen atoms in total. The third kappa shape index (κ3) is 4.95. The number of fused-ring (bicyclic) bond motifs is 3. The third-order valence-corrected chi connectivity index (χ3v) is 6.35. The standard InChI is InChI=1S/C27H24O6/c28-25(29)22-10-4-16-1-7-19-13-23(26(30)31)11-5-17(19)3-9-21-15-24(27(32)33)12-6-18(21)2-8-20(16)14-22/h4-6,10-15H,1-3,7-9H2,(H,28,29)(H,30,31)(H,32,33). The van der Waals surface area contributed by atoms with Crippen LogP contribution in [0.5, 0.6) is 0 Å². The number of hydrogen-bond acceptors (Lipinski definition) is 3. The van der Waals surface area contributed by atoms with Crippen LogP contribution in [-0.4, -0.2) is 33.2 Å². The van der Waals surface area contributed by atoms with Crippen LogP contribution >= 0.6 is 0 Å². The van der Waals surface area contributed by atoms with E-state index in [0.717, 1.165) is 33.4 Å². The quantitative estimate of drug-likeness (QED) is 0.550. The second kappa shape index (κ2) is 9.28. The summed E-state index contributed by atoms with van der Waals surface area (Å²) in [4.78, 5) is 34.6. The number of aryl methyl sites for hydroxylation is 6. The average Bonchev–Trinajstić information content (AvgIpc) is 2.79. The van der Waals surface area contributed by atoms with Gasteiger partial charge in [0.2, 0.25) is 0 Å². The lowest BCUT2D eigenvalue weighted by Gasteiger charge is -2.18. The first-order valence-electron chi connectivity index (χ1n) is 10.9. The van der Waals surface area contributed by atoms with Crippen molar-refractivity contribution in [2.75, 3.05) is 0 Å². The molecule has 1 aliphatic rings. The van der Waals surface area contributed by atoms with Crippen molar-refractivity contribution in [1.29, 1.82) is 0 Å². The fourth-order valence-corrected chi connectivity index (χ4v) is 4.51. The molecule has 0 saturated heterocycles. The van der Waals surface area contributed by atoms with Crippen molar-refractivity contribution in [3.05, 3.63) is 105 Å². The fourth-order valence-electron chi connectivity index (χ4n) is 4.51. The van der Waals surface area contributed by atoms with Crippen molar-refractivity contribution in [1.82, 2.24) is 0 Å². The number of benzene rings is 3. The van der Waals surface area contributed by atoms with Gasteiger partial charge in [0.15, 0.2) is 0 Å². The molecule has 0 bridgehead atoms. The lowest BCUT2D eigenvalue weighted by Crippen LogP contribution is -2.09. The van der Waals surface area contributed by atoms with Gasteiger partial charge in [-0.15, -0.1) is 0 Å². The fraction of sp³-hybridized carbons (Fsp3) is 0.222. The number of carboxylic acids is 3. The van der Waals surface area contributed by atoms with Crippen LogP contribution in [0.4, 0.5) is 0 Å². The highest BCUT2D eigenvalue weighted by Crippen LogP contribution is 2.25. The summed E-state index contributed by atoms with van der Waals surface area (Å²) in [6.07, 6.45) is 3.94. The van der Waals surface area contributed by atoms with E-state index in [-0.39, 0.29) is 16.7 Å². The van der Waals surface area contributed by atoms with Crippen molar-refractivity contribution >= 4 is 17.9 Å². The van der Waals surface area contributed by atoms with E-state index < -0.39 is 17.9 Å². The average molecular weight is 444 g/mol. The molecule has 33 heavy (non-hydrogen) atoms. The number of hydrogen-bond donors (Lipinski definition) is 3. The lowest BCUT2D eigenvalue weighted by molar-refractivity contribution is 0.0686. The molecule has 0 amide bonds. The van der Waals surface area contributed by atoms with E-state index in [1.54, 1.807) is 36.4 Å². The van der Waals surface area contributed by atoms with E-state index in [0.29, 0.717) is 38.5 Å². The Bertz CT molecular complexity index is 1100. The molecule has 0 heterocycles. The summed E-state index contributed by atoms with van der Waals surface area (Å²) in [5.74, 6) is -2.94. The van der Waals surface area contributed by atoms with Crippen LogP contribution in [-0.2, 0) is 38.5 Å². The van der Waals surface area contributed by atoms with Gasteiger partial charge in [0.05, 0.1) is 16.7 Å². The molecule has 0 spiro atoms. The van der Waals surface area contributed by atoms with Crippen molar-refractivity contribution < 1.29 is 29.7 Å². The van der Waals surface area contributed by atoms with Crippen LogP contribution < -0.4 is 0 Å². The van der Waals surface area contributed by atoms with Crippen LogP contribution in [0.1, 0.15) is 64.5 Å². The van der Waals surface area contributed by atoms with Gasteiger partial charge in [0, 0.05) is 0 Å². The predicted molar refractivity (Wildman–Crippen MR) is 122 cm³/mol. The van der Waals surface area contributed by atoms with Gasteiger partial charge in [0.25, 0.3) is 0 Å². The first-order chi connectivity index (χ1) is 15.8. The third-order valence-electron chi connectivity index (χ3n) is 6.35. The highest BCUT2D eigenvalue weighted by molar-refractivity contribution is 5.89. The highest BCUT2D eigenvalue weighted by atomic mass is 16.4. The van der Waals surface area contributed by atoms with Crippen molar-refractivity contribution in [3.8, 4) is 0 Å². The zero-order chi connectivity index (χ0) is 23.5.